The molecule has 0 spiro atoms. The molecule has 3 rings (SSSR count). The summed E-state index contributed by atoms with van der Waals surface area (Å²) in [4.78, 5) is 36.6. The Morgan fingerprint density at radius 2 is 1.84 bits per heavy atom. The summed E-state index contributed by atoms with van der Waals surface area (Å²) in [5.41, 5.74) is 2.78. The number of anilines is 2. The van der Waals surface area contributed by atoms with Crippen LogP contribution in [-0.2, 0) is 9.59 Å². The van der Waals surface area contributed by atoms with Gasteiger partial charge in [0.2, 0.25) is 11.8 Å². The van der Waals surface area contributed by atoms with E-state index in [0.717, 1.165) is 10.2 Å². The number of carbonyl (C=O) groups is 2. The highest BCUT2D eigenvalue weighted by atomic mass is 35.5. The average Bonchev–Trinajstić information content (AvgIpc) is 2.75. The highest BCUT2D eigenvalue weighted by Gasteiger charge is 2.19. The van der Waals surface area contributed by atoms with Gasteiger partial charge in [-0.05, 0) is 49.7 Å². The first kappa shape index (κ1) is 23.0. The largest absolute Gasteiger partial charge is 0.495 e. The molecule has 0 unspecified atom stereocenters. The molecule has 0 fully saturated rings. The van der Waals surface area contributed by atoms with Crippen molar-refractivity contribution in [3.8, 4) is 17.0 Å². The van der Waals surface area contributed by atoms with Crippen molar-refractivity contribution in [3.05, 3.63) is 69.5 Å². The van der Waals surface area contributed by atoms with E-state index < -0.39 is 17.5 Å². The highest BCUT2D eigenvalue weighted by molar-refractivity contribution is 6.32. The molecule has 2 N–H and O–H groups in total. The zero-order valence-corrected chi connectivity index (χ0v) is 18.9. The Kier molecular flexibility index (Phi) is 6.95. The summed E-state index contributed by atoms with van der Waals surface area (Å²) in [5, 5.41) is 10.2. The number of carbonyl (C=O) groups excluding carboxylic acids is 2. The molecule has 1 atom stereocenters. The van der Waals surface area contributed by atoms with Gasteiger partial charge in [0.15, 0.2) is 0 Å². The van der Waals surface area contributed by atoms with Gasteiger partial charge in [0.25, 0.3) is 5.56 Å². The van der Waals surface area contributed by atoms with Crippen molar-refractivity contribution in [1.82, 2.24) is 9.78 Å². The Bertz CT molecular complexity index is 1240. The zero-order valence-electron chi connectivity index (χ0n) is 18.1. The van der Waals surface area contributed by atoms with E-state index in [9.17, 15) is 14.4 Å². The molecule has 3 aromatic rings. The number of halogens is 1. The topological polar surface area (TPSA) is 102 Å². The first-order valence-electron chi connectivity index (χ1n) is 9.82. The van der Waals surface area contributed by atoms with Gasteiger partial charge in [-0.25, -0.2) is 4.68 Å². The highest BCUT2D eigenvalue weighted by Crippen LogP contribution is 2.28. The maximum Gasteiger partial charge on any atom is 0.267 e. The van der Waals surface area contributed by atoms with Crippen LogP contribution in [0.3, 0.4) is 0 Å². The van der Waals surface area contributed by atoms with Crippen molar-refractivity contribution >= 4 is 34.8 Å². The third kappa shape index (κ3) is 5.15. The SMILES string of the molecule is COc1ccc(NC(=O)[C@@H](C)n2nc(-c3ccc(C)c(NC(C)=O)c3)ccc2=O)cc1Cl. The van der Waals surface area contributed by atoms with Crippen molar-refractivity contribution in [1.29, 1.82) is 0 Å². The van der Waals surface area contributed by atoms with Crippen LogP contribution in [0.1, 0.15) is 25.5 Å². The fourth-order valence-corrected chi connectivity index (χ4v) is 3.32. The number of rotatable bonds is 6. The summed E-state index contributed by atoms with van der Waals surface area (Å²) in [6, 6.07) is 12.4. The van der Waals surface area contributed by atoms with E-state index >= 15 is 0 Å². The Hall–Kier alpha value is -3.65. The van der Waals surface area contributed by atoms with Gasteiger partial charge in [-0.2, -0.15) is 5.10 Å². The number of methoxy groups -OCH3 is 1. The van der Waals surface area contributed by atoms with Gasteiger partial charge in [-0.1, -0.05) is 23.7 Å². The number of amides is 2. The number of aromatic nitrogens is 2. The van der Waals surface area contributed by atoms with E-state index in [1.165, 1.54) is 20.1 Å². The van der Waals surface area contributed by atoms with Gasteiger partial charge in [-0.3, -0.25) is 14.4 Å². The van der Waals surface area contributed by atoms with Gasteiger partial charge >= 0.3 is 0 Å². The molecule has 0 saturated heterocycles. The smallest absolute Gasteiger partial charge is 0.267 e. The minimum absolute atomic E-state index is 0.188. The minimum Gasteiger partial charge on any atom is -0.495 e. The minimum atomic E-state index is -0.886. The lowest BCUT2D eigenvalue weighted by Crippen LogP contribution is -2.33. The Balaban J connectivity index is 1.88. The fourth-order valence-electron chi connectivity index (χ4n) is 3.06. The molecule has 9 heteroatoms. The number of nitrogens with zero attached hydrogens (tertiary/aromatic N) is 2. The summed E-state index contributed by atoms with van der Waals surface area (Å²) < 4.78 is 6.23. The molecule has 0 saturated carbocycles. The lowest BCUT2D eigenvalue weighted by molar-refractivity contribution is -0.119. The lowest BCUT2D eigenvalue weighted by Gasteiger charge is -2.16. The zero-order chi connectivity index (χ0) is 23.4. The van der Waals surface area contributed by atoms with Crippen LogP contribution in [0, 0.1) is 6.92 Å². The van der Waals surface area contributed by atoms with Crippen molar-refractivity contribution in [2.75, 3.05) is 17.7 Å². The van der Waals surface area contributed by atoms with E-state index in [0.29, 0.717) is 33.4 Å². The predicted octanol–water partition coefficient (Wildman–Crippen LogP) is 4.04. The number of aryl methyl sites for hydroxylation is 1. The van der Waals surface area contributed by atoms with Crippen molar-refractivity contribution in [2.24, 2.45) is 0 Å². The molecule has 0 aliphatic carbocycles. The molecule has 2 aromatic carbocycles. The number of ether oxygens (including phenoxy) is 1. The van der Waals surface area contributed by atoms with Crippen LogP contribution in [0.2, 0.25) is 5.02 Å². The van der Waals surface area contributed by atoms with Gasteiger partial charge in [-0.15, -0.1) is 0 Å². The van der Waals surface area contributed by atoms with Gasteiger partial charge in [0, 0.05) is 29.9 Å². The fraction of sp³-hybridized carbons (Fsp3) is 0.217. The van der Waals surface area contributed by atoms with Crippen LogP contribution < -0.4 is 20.9 Å². The first-order chi connectivity index (χ1) is 15.2. The van der Waals surface area contributed by atoms with Crippen molar-refractivity contribution in [2.45, 2.75) is 26.8 Å². The molecule has 1 aromatic heterocycles. The third-order valence-corrected chi connectivity index (χ3v) is 5.13. The van der Waals surface area contributed by atoms with Crippen LogP contribution in [0.4, 0.5) is 11.4 Å². The van der Waals surface area contributed by atoms with E-state index in [4.69, 9.17) is 16.3 Å². The van der Waals surface area contributed by atoms with Crippen molar-refractivity contribution < 1.29 is 14.3 Å². The summed E-state index contributed by atoms with van der Waals surface area (Å²) >= 11 is 6.11. The van der Waals surface area contributed by atoms with Gasteiger partial charge < -0.3 is 15.4 Å². The number of nitrogens with one attached hydrogen (secondary N) is 2. The maximum atomic E-state index is 12.8. The second-order valence-electron chi connectivity index (χ2n) is 7.23. The molecule has 0 aliphatic heterocycles. The second-order valence-corrected chi connectivity index (χ2v) is 7.63. The molecule has 32 heavy (non-hydrogen) atoms. The average molecular weight is 455 g/mol. The van der Waals surface area contributed by atoms with Gasteiger partial charge in [0.1, 0.15) is 11.8 Å². The molecular weight excluding hydrogens is 432 g/mol. The van der Waals surface area contributed by atoms with E-state index in [1.807, 2.05) is 19.1 Å². The van der Waals surface area contributed by atoms with Crippen molar-refractivity contribution in [3.63, 3.8) is 0 Å². The molecule has 0 aliphatic rings. The molecule has 0 bridgehead atoms. The predicted molar refractivity (Wildman–Crippen MR) is 124 cm³/mol. The van der Waals surface area contributed by atoms with E-state index in [1.54, 1.807) is 37.3 Å². The van der Waals surface area contributed by atoms with Gasteiger partial charge in [0.05, 0.1) is 17.8 Å². The number of hydrogen-bond acceptors (Lipinski definition) is 5. The normalized spacial score (nSPS) is 11.5. The van der Waals surface area contributed by atoms with Crippen LogP contribution >= 0.6 is 11.6 Å². The van der Waals surface area contributed by atoms with E-state index in [2.05, 4.69) is 15.7 Å². The number of hydrogen-bond donors (Lipinski definition) is 2. The molecule has 2 amide bonds. The van der Waals surface area contributed by atoms with Crippen LogP contribution in [-0.4, -0.2) is 28.7 Å². The quantitative estimate of drug-likeness (QED) is 0.585. The molecule has 8 nitrogen and oxygen atoms in total. The monoisotopic (exact) mass is 454 g/mol. The van der Waals surface area contributed by atoms with Crippen LogP contribution in [0.5, 0.6) is 5.75 Å². The Labute approximate surface area is 190 Å². The first-order valence-corrected chi connectivity index (χ1v) is 10.2. The second kappa shape index (κ2) is 9.65. The van der Waals surface area contributed by atoms with E-state index in [-0.39, 0.29) is 5.91 Å². The molecule has 0 radical (unpaired) electrons. The molecule has 1 heterocycles. The summed E-state index contributed by atoms with van der Waals surface area (Å²) in [6.07, 6.45) is 0. The third-order valence-electron chi connectivity index (χ3n) is 4.83. The maximum absolute atomic E-state index is 12.8. The number of benzene rings is 2. The summed E-state index contributed by atoms with van der Waals surface area (Å²) in [7, 11) is 1.50. The molecular formula is C23H23ClN4O4. The van der Waals surface area contributed by atoms with Crippen LogP contribution in [0.25, 0.3) is 11.3 Å². The summed E-state index contributed by atoms with van der Waals surface area (Å²) in [5.74, 6) is -0.132. The Morgan fingerprint density at radius 1 is 1.09 bits per heavy atom. The summed E-state index contributed by atoms with van der Waals surface area (Å²) in [6.45, 7) is 4.89. The molecule has 166 valence electrons. The lowest BCUT2D eigenvalue weighted by atomic mass is 10.1. The Morgan fingerprint density at radius 3 is 2.50 bits per heavy atom. The standard InChI is InChI=1S/C23H23ClN4O4/c1-13-5-6-16(11-20(13)25-15(3)29)19-8-10-22(30)28(27-19)14(2)23(31)26-17-7-9-21(32-4)18(24)12-17/h5-12,14H,1-4H3,(H,25,29)(H,26,31)/t14-/m1/s1. The van der Waals surface area contributed by atoms with Crippen LogP contribution in [0.15, 0.2) is 53.3 Å².